The van der Waals surface area contributed by atoms with Crippen molar-refractivity contribution in [2.45, 2.75) is 58.0 Å². The molecular formula is C18H32N2O3. The van der Waals surface area contributed by atoms with Crippen LogP contribution in [0.2, 0.25) is 0 Å². The third kappa shape index (κ3) is 4.93. The molecule has 0 aromatic carbocycles. The van der Waals surface area contributed by atoms with Crippen molar-refractivity contribution in [1.82, 2.24) is 9.80 Å². The number of hydrogen-bond donors (Lipinski definition) is 0. The van der Waals surface area contributed by atoms with Gasteiger partial charge in [-0.1, -0.05) is 13.8 Å². The van der Waals surface area contributed by atoms with Gasteiger partial charge in [-0.2, -0.15) is 0 Å². The maximum Gasteiger partial charge on any atom is 0.222 e. The first-order chi connectivity index (χ1) is 10.8. The molecule has 2 saturated heterocycles. The van der Waals surface area contributed by atoms with Crippen LogP contribution in [-0.2, 0) is 14.3 Å². The fourth-order valence-electron chi connectivity index (χ4n) is 3.72. The summed E-state index contributed by atoms with van der Waals surface area (Å²) >= 11 is 0. The van der Waals surface area contributed by atoms with E-state index in [1.807, 2.05) is 19.0 Å². The zero-order chi connectivity index (χ0) is 17.0. The summed E-state index contributed by atoms with van der Waals surface area (Å²) in [7, 11) is 3.63. The van der Waals surface area contributed by atoms with E-state index in [4.69, 9.17) is 4.74 Å². The van der Waals surface area contributed by atoms with Crippen LogP contribution in [0.1, 0.15) is 52.4 Å². The number of likely N-dealkylation sites (tertiary alicyclic amines) is 1. The fraction of sp³-hybridized carbons (Fsp3) is 0.889. The highest BCUT2D eigenvalue weighted by molar-refractivity contribution is 5.76. The van der Waals surface area contributed by atoms with E-state index in [0.29, 0.717) is 24.7 Å². The van der Waals surface area contributed by atoms with Crippen LogP contribution in [0, 0.1) is 11.8 Å². The number of nitrogens with zero attached hydrogens (tertiary/aromatic N) is 2. The first-order valence-electron chi connectivity index (χ1n) is 8.93. The van der Waals surface area contributed by atoms with Crippen LogP contribution < -0.4 is 0 Å². The van der Waals surface area contributed by atoms with Crippen LogP contribution in [0.25, 0.3) is 0 Å². The maximum atomic E-state index is 12.2. The SMILES string of the molecule is CC(C)CC(=O)N1CCC2(CC1)CC(CC(=O)N(C)C)CCO2. The Kier molecular flexibility index (Phi) is 6.06. The van der Waals surface area contributed by atoms with Crippen molar-refractivity contribution >= 4 is 11.8 Å². The second-order valence-electron chi connectivity index (χ2n) is 7.86. The Hall–Kier alpha value is -1.10. The van der Waals surface area contributed by atoms with E-state index in [1.54, 1.807) is 4.90 Å². The van der Waals surface area contributed by atoms with Crippen molar-refractivity contribution < 1.29 is 14.3 Å². The van der Waals surface area contributed by atoms with Crippen LogP contribution in [0.3, 0.4) is 0 Å². The summed E-state index contributed by atoms with van der Waals surface area (Å²) in [5.41, 5.74) is -0.107. The standard InChI is InChI=1S/C18H32N2O3/c1-14(2)11-17(22)20-8-6-18(7-9-20)13-15(5-10-23-18)12-16(21)19(3)4/h14-15H,5-13H2,1-4H3. The van der Waals surface area contributed by atoms with Gasteiger partial charge in [-0.15, -0.1) is 0 Å². The highest BCUT2D eigenvalue weighted by Crippen LogP contribution is 2.39. The Labute approximate surface area is 140 Å². The summed E-state index contributed by atoms with van der Waals surface area (Å²) in [5, 5.41) is 0. The first-order valence-corrected chi connectivity index (χ1v) is 8.93. The third-order valence-corrected chi connectivity index (χ3v) is 5.17. The molecule has 2 aliphatic rings. The highest BCUT2D eigenvalue weighted by Gasteiger charge is 2.41. The van der Waals surface area contributed by atoms with Gasteiger partial charge in [-0.25, -0.2) is 0 Å². The van der Waals surface area contributed by atoms with E-state index in [0.717, 1.165) is 45.4 Å². The number of ether oxygens (including phenoxy) is 1. The number of hydrogen-bond acceptors (Lipinski definition) is 3. The summed E-state index contributed by atoms with van der Waals surface area (Å²) < 4.78 is 6.12. The van der Waals surface area contributed by atoms with Crippen molar-refractivity contribution in [2.75, 3.05) is 33.8 Å². The van der Waals surface area contributed by atoms with Gasteiger partial charge in [0.15, 0.2) is 0 Å². The van der Waals surface area contributed by atoms with E-state index in [1.165, 1.54) is 0 Å². The van der Waals surface area contributed by atoms with Crippen molar-refractivity contribution in [3.63, 3.8) is 0 Å². The summed E-state index contributed by atoms with van der Waals surface area (Å²) in [6.07, 6.45) is 4.99. The van der Waals surface area contributed by atoms with Gasteiger partial charge in [0.2, 0.25) is 11.8 Å². The van der Waals surface area contributed by atoms with Crippen LogP contribution in [0.5, 0.6) is 0 Å². The Morgan fingerprint density at radius 2 is 1.91 bits per heavy atom. The minimum Gasteiger partial charge on any atom is -0.375 e. The molecule has 23 heavy (non-hydrogen) atoms. The van der Waals surface area contributed by atoms with Crippen LogP contribution in [0.4, 0.5) is 0 Å². The minimum atomic E-state index is -0.107. The predicted molar refractivity (Wildman–Crippen MR) is 90.0 cm³/mol. The molecule has 132 valence electrons. The molecular weight excluding hydrogens is 292 g/mol. The monoisotopic (exact) mass is 324 g/mol. The molecule has 2 fully saturated rings. The lowest BCUT2D eigenvalue weighted by molar-refractivity contribution is -0.149. The highest BCUT2D eigenvalue weighted by atomic mass is 16.5. The molecule has 1 unspecified atom stereocenters. The Bertz CT molecular complexity index is 426. The largest absolute Gasteiger partial charge is 0.375 e. The molecule has 1 spiro atoms. The molecule has 2 aliphatic heterocycles. The van der Waals surface area contributed by atoms with Gasteiger partial charge in [0.25, 0.3) is 0 Å². The van der Waals surface area contributed by atoms with Gasteiger partial charge in [0.05, 0.1) is 5.60 Å². The maximum absolute atomic E-state index is 12.2. The van der Waals surface area contributed by atoms with Crippen molar-refractivity contribution in [2.24, 2.45) is 11.8 Å². The summed E-state index contributed by atoms with van der Waals surface area (Å²) in [4.78, 5) is 27.8. The van der Waals surface area contributed by atoms with Gasteiger partial charge < -0.3 is 14.5 Å². The molecule has 5 nitrogen and oxygen atoms in total. The van der Waals surface area contributed by atoms with Gasteiger partial charge >= 0.3 is 0 Å². The van der Waals surface area contributed by atoms with E-state index < -0.39 is 0 Å². The van der Waals surface area contributed by atoms with E-state index in [-0.39, 0.29) is 17.4 Å². The molecule has 0 bridgehead atoms. The second kappa shape index (κ2) is 7.65. The smallest absolute Gasteiger partial charge is 0.222 e. The molecule has 5 heteroatoms. The number of carbonyl (C=O) groups is 2. The molecule has 1 atom stereocenters. The quantitative estimate of drug-likeness (QED) is 0.797. The van der Waals surface area contributed by atoms with Crippen LogP contribution >= 0.6 is 0 Å². The van der Waals surface area contributed by atoms with Crippen LogP contribution in [0.15, 0.2) is 0 Å². The van der Waals surface area contributed by atoms with Crippen molar-refractivity contribution in [3.8, 4) is 0 Å². The predicted octanol–water partition coefficient (Wildman–Crippen LogP) is 2.30. The van der Waals surface area contributed by atoms with E-state index >= 15 is 0 Å². The number of rotatable bonds is 4. The first kappa shape index (κ1) is 18.2. The molecule has 0 aromatic heterocycles. The lowest BCUT2D eigenvalue weighted by Gasteiger charge is -2.46. The fourth-order valence-corrected chi connectivity index (χ4v) is 3.72. The Balaban J connectivity index is 1.86. The van der Waals surface area contributed by atoms with E-state index in [2.05, 4.69) is 13.8 Å². The van der Waals surface area contributed by atoms with Gasteiger partial charge in [-0.05, 0) is 37.5 Å². The van der Waals surface area contributed by atoms with Crippen molar-refractivity contribution in [3.05, 3.63) is 0 Å². The molecule has 0 N–H and O–H groups in total. The van der Waals surface area contributed by atoms with Gasteiger partial charge in [-0.3, -0.25) is 9.59 Å². The molecule has 0 aliphatic carbocycles. The second-order valence-corrected chi connectivity index (χ2v) is 7.86. The Morgan fingerprint density at radius 3 is 2.48 bits per heavy atom. The number of piperidine rings is 1. The average molecular weight is 324 g/mol. The number of amides is 2. The summed E-state index contributed by atoms with van der Waals surface area (Å²) in [6.45, 7) is 6.49. The zero-order valence-corrected chi connectivity index (χ0v) is 15.1. The zero-order valence-electron chi connectivity index (χ0n) is 15.1. The van der Waals surface area contributed by atoms with Gasteiger partial charge in [0, 0.05) is 46.6 Å². The van der Waals surface area contributed by atoms with Gasteiger partial charge in [0.1, 0.15) is 0 Å². The Morgan fingerprint density at radius 1 is 1.26 bits per heavy atom. The normalized spacial score (nSPS) is 24.0. The third-order valence-electron chi connectivity index (χ3n) is 5.17. The molecule has 0 aromatic rings. The molecule has 0 saturated carbocycles. The lowest BCUT2D eigenvalue weighted by Crippen LogP contribution is -2.51. The lowest BCUT2D eigenvalue weighted by atomic mass is 9.78. The molecule has 2 heterocycles. The molecule has 0 radical (unpaired) electrons. The summed E-state index contributed by atoms with van der Waals surface area (Å²) in [6, 6.07) is 0. The van der Waals surface area contributed by atoms with Crippen LogP contribution in [-0.4, -0.2) is 61.0 Å². The summed E-state index contributed by atoms with van der Waals surface area (Å²) in [5.74, 6) is 1.30. The minimum absolute atomic E-state index is 0.107. The number of carbonyl (C=O) groups excluding carboxylic acids is 2. The molecule has 2 amide bonds. The average Bonchev–Trinajstić information content (AvgIpc) is 2.47. The van der Waals surface area contributed by atoms with Crippen molar-refractivity contribution in [1.29, 1.82) is 0 Å². The van der Waals surface area contributed by atoms with E-state index in [9.17, 15) is 9.59 Å². The topological polar surface area (TPSA) is 49.9 Å². The molecule has 2 rings (SSSR count).